The Morgan fingerprint density at radius 1 is 1.38 bits per heavy atom. The van der Waals surface area contributed by atoms with E-state index < -0.39 is 0 Å². The molecule has 0 aliphatic carbocycles. The standard InChI is InChI=1S/C15H14Br2N2S2/c1-9-12(16)6-13(17)15-18-7-11(19(9)15)8-21-10(2)14-4-3-5-20-14/h3-7,10H,8H2,1-2H3. The number of hydrogen-bond donors (Lipinski definition) is 0. The Bertz CT molecular complexity index is 766. The van der Waals surface area contributed by atoms with Crippen molar-refractivity contribution in [2.45, 2.75) is 24.9 Å². The van der Waals surface area contributed by atoms with Crippen molar-refractivity contribution in [1.82, 2.24) is 9.38 Å². The van der Waals surface area contributed by atoms with Crippen molar-refractivity contribution in [2.75, 3.05) is 0 Å². The Balaban J connectivity index is 1.88. The third kappa shape index (κ3) is 3.09. The Kier molecular flexibility index (Phi) is 4.78. The maximum Gasteiger partial charge on any atom is 0.151 e. The van der Waals surface area contributed by atoms with Crippen molar-refractivity contribution in [3.63, 3.8) is 0 Å². The van der Waals surface area contributed by atoms with Crippen LogP contribution in [0, 0.1) is 6.92 Å². The van der Waals surface area contributed by atoms with E-state index in [1.807, 2.05) is 29.3 Å². The fraction of sp³-hybridized carbons (Fsp3) is 0.267. The second-order valence-electron chi connectivity index (χ2n) is 4.80. The maximum atomic E-state index is 4.55. The van der Waals surface area contributed by atoms with E-state index in [1.165, 1.54) is 16.3 Å². The molecule has 0 N–H and O–H groups in total. The molecule has 1 unspecified atom stereocenters. The molecule has 110 valence electrons. The van der Waals surface area contributed by atoms with Crippen molar-refractivity contribution < 1.29 is 0 Å². The number of aromatic nitrogens is 2. The molecule has 0 aliphatic rings. The van der Waals surface area contributed by atoms with Gasteiger partial charge in [-0.05, 0) is 63.2 Å². The lowest BCUT2D eigenvalue weighted by molar-refractivity contribution is 1.01. The average molecular weight is 446 g/mol. The second kappa shape index (κ2) is 6.44. The van der Waals surface area contributed by atoms with E-state index in [2.05, 4.69) is 78.7 Å². The maximum absolute atomic E-state index is 4.55. The lowest BCUT2D eigenvalue weighted by Crippen LogP contribution is -1.98. The fourth-order valence-electron chi connectivity index (χ4n) is 2.23. The van der Waals surface area contributed by atoms with Crippen LogP contribution in [0.5, 0.6) is 0 Å². The van der Waals surface area contributed by atoms with E-state index in [9.17, 15) is 0 Å². The zero-order chi connectivity index (χ0) is 15.0. The monoisotopic (exact) mass is 444 g/mol. The first-order valence-electron chi connectivity index (χ1n) is 6.54. The molecular weight excluding hydrogens is 432 g/mol. The van der Waals surface area contributed by atoms with Crippen LogP contribution in [-0.2, 0) is 5.75 Å². The van der Waals surface area contributed by atoms with Gasteiger partial charge in [0, 0.05) is 26.0 Å². The van der Waals surface area contributed by atoms with E-state index in [4.69, 9.17) is 0 Å². The summed E-state index contributed by atoms with van der Waals surface area (Å²) >= 11 is 11.0. The summed E-state index contributed by atoms with van der Waals surface area (Å²) < 4.78 is 4.34. The van der Waals surface area contributed by atoms with Crippen molar-refractivity contribution in [2.24, 2.45) is 0 Å². The predicted molar refractivity (Wildman–Crippen MR) is 99.4 cm³/mol. The number of thiophene rings is 1. The SMILES string of the molecule is Cc1c(Br)cc(Br)c2ncc(CSC(C)c3cccs3)n12. The van der Waals surface area contributed by atoms with Crippen LogP contribution in [0.2, 0.25) is 0 Å². The predicted octanol–water partition coefficient (Wildman–Crippen LogP) is 6.22. The lowest BCUT2D eigenvalue weighted by Gasteiger charge is -2.11. The summed E-state index contributed by atoms with van der Waals surface area (Å²) in [6, 6.07) is 6.38. The largest absolute Gasteiger partial charge is 0.298 e. The molecule has 0 spiro atoms. The Hall–Kier alpha value is -0.300. The minimum Gasteiger partial charge on any atom is -0.298 e. The summed E-state index contributed by atoms with van der Waals surface area (Å²) in [6.45, 7) is 4.38. The summed E-state index contributed by atoms with van der Waals surface area (Å²) in [5, 5.41) is 2.64. The van der Waals surface area contributed by atoms with E-state index >= 15 is 0 Å². The van der Waals surface area contributed by atoms with Crippen molar-refractivity contribution in [1.29, 1.82) is 0 Å². The van der Waals surface area contributed by atoms with Crippen LogP contribution < -0.4 is 0 Å². The van der Waals surface area contributed by atoms with Crippen LogP contribution in [0.25, 0.3) is 5.65 Å². The van der Waals surface area contributed by atoms with E-state index in [0.29, 0.717) is 5.25 Å². The molecule has 0 radical (unpaired) electrons. The van der Waals surface area contributed by atoms with E-state index in [0.717, 1.165) is 20.3 Å². The molecule has 3 rings (SSSR count). The Morgan fingerprint density at radius 3 is 2.90 bits per heavy atom. The highest BCUT2D eigenvalue weighted by molar-refractivity contribution is 9.11. The van der Waals surface area contributed by atoms with Crippen LogP contribution in [0.15, 0.2) is 38.7 Å². The number of hydrogen-bond acceptors (Lipinski definition) is 3. The van der Waals surface area contributed by atoms with Crippen LogP contribution in [0.4, 0.5) is 0 Å². The van der Waals surface area contributed by atoms with E-state index in [-0.39, 0.29) is 0 Å². The van der Waals surface area contributed by atoms with Gasteiger partial charge >= 0.3 is 0 Å². The minimum atomic E-state index is 0.506. The number of nitrogens with zero attached hydrogens (tertiary/aromatic N) is 2. The third-order valence-corrected chi connectivity index (χ3v) is 7.21. The molecule has 0 saturated carbocycles. The van der Waals surface area contributed by atoms with Gasteiger partial charge in [-0.2, -0.15) is 0 Å². The van der Waals surface area contributed by atoms with Crippen molar-refractivity contribution >= 4 is 60.6 Å². The third-order valence-electron chi connectivity index (χ3n) is 3.41. The van der Waals surface area contributed by atoms with E-state index in [1.54, 1.807) is 0 Å². The van der Waals surface area contributed by atoms with Crippen LogP contribution in [0.3, 0.4) is 0 Å². The molecule has 21 heavy (non-hydrogen) atoms. The van der Waals surface area contributed by atoms with Gasteiger partial charge in [0.15, 0.2) is 5.65 Å². The molecule has 0 aromatic carbocycles. The van der Waals surface area contributed by atoms with Gasteiger partial charge in [0.1, 0.15) is 0 Å². The zero-order valence-electron chi connectivity index (χ0n) is 11.6. The quantitative estimate of drug-likeness (QED) is 0.473. The van der Waals surface area contributed by atoms with Crippen LogP contribution in [0.1, 0.15) is 28.4 Å². The molecule has 0 amide bonds. The summed E-state index contributed by atoms with van der Waals surface area (Å²) in [4.78, 5) is 5.97. The van der Waals surface area contributed by atoms with Gasteiger partial charge in [0.25, 0.3) is 0 Å². The summed E-state index contributed by atoms with van der Waals surface area (Å²) in [6.07, 6.45) is 1.98. The topological polar surface area (TPSA) is 17.3 Å². The highest BCUT2D eigenvalue weighted by Crippen LogP contribution is 2.35. The summed E-state index contributed by atoms with van der Waals surface area (Å²) in [7, 11) is 0. The van der Waals surface area contributed by atoms with Crippen molar-refractivity contribution in [3.8, 4) is 0 Å². The number of rotatable bonds is 4. The smallest absolute Gasteiger partial charge is 0.151 e. The second-order valence-corrected chi connectivity index (χ2v) is 8.82. The zero-order valence-corrected chi connectivity index (χ0v) is 16.4. The Morgan fingerprint density at radius 2 is 2.19 bits per heavy atom. The van der Waals surface area contributed by atoms with Gasteiger partial charge in [-0.15, -0.1) is 23.1 Å². The molecule has 2 nitrogen and oxygen atoms in total. The van der Waals surface area contributed by atoms with Gasteiger partial charge in [0.2, 0.25) is 0 Å². The van der Waals surface area contributed by atoms with Gasteiger partial charge in [0.05, 0.1) is 16.4 Å². The molecular formula is C15H14Br2N2S2. The highest BCUT2D eigenvalue weighted by atomic mass is 79.9. The minimum absolute atomic E-state index is 0.506. The first-order valence-corrected chi connectivity index (χ1v) is 10.1. The molecule has 1 atom stereocenters. The number of aryl methyl sites for hydroxylation is 1. The first kappa shape index (κ1) is 15.6. The van der Waals surface area contributed by atoms with Gasteiger partial charge in [-0.25, -0.2) is 4.98 Å². The number of thioether (sulfide) groups is 1. The highest BCUT2D eigenvalue weighted by Gasteiger charge is 2.13. The molecule has 6 heteroatoms. The fourth-order valence-corrected chi connectivity index (χ4v) is 5.36. The number of imidazole rings is 1. The van der Waals surface area contributed by atoms with Crippen molar-refractivity contribution in [3.05, 3.63) is 55.0 Å². The van der Waals surface area contributed by atoms with Gasteiger partial charge < -0.3 is 0 Å². The first-order chi connectivity index (χ1) is 10.1. The lowest BCUT2D eigenvalue weighted by atomic mass is 10.3. The molecule has 3 aromatic heterocycles. The molecule has 3 aromatic rings. The molecule has 0 fully saturated rings. The molecule has 0 bridgehead atoms. The number of pyridine rings is 1. The molecule has 3 heterocycles. The molecule has 0 aliphatic heterocycles. The number of fused-ring (bicyclic) bond motifs is 1. The normalized spacial score (nSPS) is 13.0. The molecule has 0 saturated heterocycles. The Labute approximate surface area is 149 Å². The average Bonchev–Trinajstić information content (AvgIpc) is 3.11. The van der Waals surface area contributed by atoms with Gasteiger partial charge in [-0.1, -0.05) is 6.07 Å². The summed E-state index contributed by atoms with van der Waals surface area (Å²) in [5.74, 6) is 0.948. The van der Waals surface area contributed by atoms with Crippen LogP contribution in [-0.4, -0.2) is 9.38 Å². The van der Waals surface area contributed by atoms with Crippen LogP contribution >= 0.6 is 55.0 Å². The number of halogens is 2. The summed E-state index contributed by atoms with van der Waals surface area (Å²) in [5.41, 5.74) is 3.40. The van der Waals surface area contributed by atoms with Gasteiger partial charge in [-0.3, -0.25) is 4.40 Å².